The number of methoxy groups -OCH3 is 3. The molecule has 0 aliphatic carbocycles. The van der Waals surface area contributed by atoms with Crippen molar-refractivity contribution >= 4 is 34.6 Å². The van der Waals surface area contributed by atoms with Crippen molar-refractivity contribution in [2.75, 3.05) is 21.3 Å². The van der Waals surface area contributed by atoms with Crippen LogP contribution in [0.25, 0.3) is 22.9 Å². The number of allylic oxidation sites excluding steroid dienone is 1. The van der Waals surface area contributed by atoms with Crippen LogP contribution in [0.15, 0.2) is 41.8 Å². The van der Waals surface area contributed by atoms with Gasteiger partial charge in [-0.05, 0) is 36.4 Å². The number of benzene rings is 2. The smallest absolute Gasteiger partial charge is 0.134 e. The van der Waals surface area contributed by atoms with Crippen molar-refractivity contribution in [3.63, 3.8) is 0 Å². The molecule has 0 amide bonds. The van der Waals surface area contributed by atoms with E-state index in [2.05, 4.69) is 11.1 Å². The molecule has 3 aromatic rings. The third-order valence-electron chi connectivity index (χ3n) is 4.03. The van der Waals surface area contributed by atoms with Crippen molar-refractivity contribution < 1.29 is 14.2 Å². The molecule has 0 bridgehead atoms. The van der Waals surface area contributed by atoms with Crippen LogP contribution in [0.3, 0.4) is 0 Å². The Morgan fingerprint density at radius 3 is 2.54 bits per heavy atom. The molecule has 0 atom stereocenters. The van der Waals surface area contributed by atoms with Crippen LogP contribution in [0.1, 0.15) is 10.6 Å². The second kappa shape index (κ2) is 8.79. The Morgan fingerprint density at radius 1 is 1.07 bits per heavy atom. The maximum absolute atomic E-state index is 9.67. The lowest BCUT2D eigenvalue weighted by atomic mass is 10.1. The van der Waals surface area contributed by atoms with Crippen molar-refractivity contribution in [1.82, 2.24) is 4.98 Å². The van der Waals surface area contributed by atoms with Crippen LogP contribution in [0, 0.1) is 11.3 Å². The average Bonchev–Trinajstić information content (AvgIpc) is 3.21. The summed E-state index contributed by atoms with van der Waals surface area (Å²) in [5, 5.41) is 12.7. The van der Waals surface area contributed by atoms with Gasteiger partial charge in [0, 0.05) is 27.6 Å². The molecule has 5 nitrogen and oxygen atoms in total. The van der Waals surface area contributed by atoms with Crippen molar-refractivity contribution in [2.24, 2.45) is 0 Å². The zero-order valence-electron chi connectivity index (χ0n) is 15.5. The van der Waals surface area contributed by atoms with E-state index in [0.717, 1.165) is 11.1 Å². The summed E-state index contributed by atoms with van der Waals surface area (Å²) in [7, 11) is 4.76. The zero-order chi connectivity index (χ0) is 20.1. The summed E-state index contributed by atoms with van der Waals surface area (Å²) in [6, 6.07) is 13.0. The molecule has 3 rings (SSSR count). The van der Waals surface area contributed by atoms with E-state index in [1.54, 1.807) is 51.7 Å². The number of nitrogens with zero attached hydrogens (tertiary/aromatic N) is 2. The van der Waals surface area contributed by atoms with E-state index in [4.69, 9.17) is 25.8 Å². The zero-order valence-corrected chi connectivity index (χ0v) is 17.1. The monoisotopic (exact) mass is 412 g/mol. The first-order valence-corrected chi connectivity index (χ1v) is 9.49. The average molecular weight is 413 g/mol. The molecule has 2 aromatic carbocycles. The first-order valence-electron chi connectivity index (χ1n) is 8.23. The highest BCUT2D eigenvalue weighted by Gasteiger charge is 2.14. The van der Waals surface area contributed by atoms with E-state index in [1.165, 1.54) is 11.3 Å². The highest BCUT2D eigenvalue weighted by atomic mass is 35.5. The molecule has 0 spiro atoms. The van der Waals surface area contributed by atoms with Crippen molar-refractivity contribution in [3.8, 4) is 34.6 Å². The third kappa shape index (κ3) is 4.11. The maximum Gasteiger partial charge on any atom is 0.134 e. The number of hydrogen-bond donors (Lipinski definition) is 0. The fraction of sp³-hybridized carbons (Fsp3) is 0.143. The van der Waals surface area contributed by atoms with Crippen molar-refractivity contribution in [3.05, 3.63) is 57.4 Å². The molecule has 142 valence electrons. The lowest BCUT2D eigenvalue weighted by Gasteiger charge is -2.07. The summed E-state index contributed by atoms with van der Waals surface area (Å²) >= 11 is 7.49. The molecule has 0 fully saturated rings. The topological polar surface area (TPSA) is 64.4 Å². The van der Waals surface area contributed by atoms with Crippen LogP contribution in [-0.2, 0) is 0 Å². The van der Waals surface area contributed by atoms with E-state index >= 15 is 0 Å². The Morgan fingerprint density at radius 2 is 1.86 bits per heavy atom. The Balaban J connectivity index is 2.01. The van der Waals surface area contributed by atoms with Gasteiger partial charge in [0.25, 0.3) is 0 Å². The molecule has 0 saturated heterocycles. The number of hydrogen-bond acceptors (Lipinski definition) is 6. The van der Waals surface area contributed by atoms with Gasteiger partial charge < -0.3 is 14.2 Å². The number of aromatic nitrogens is 1. The quantitative estimate of drug-likeness (QED) is 0.496. The Labute approximate surface area is 172 Å². The van der Waals surface area contributed by atoms with Gasteiger partial charge in [-0.15, -0.1) is 11.3 Å². The molecule has 0 N–H and O–H groups in total. The second-order valence-electron chi connectivity index (χ2n) is 5.66. The number of nitriles is 1. The summed E-state index contributed by atoms with van der Waals surface area (Å²) in [6.07, 6.45) is 1.75. The molecule has 0 saturated carbocycles. The Kier molecular flexibility index (Phi) is 6.19. The molecule has 0 aliphatic rings. The molecule has 0 unspecified atom stereocenters. The summed E-state index contributed by atoms with van der Waals surface area (Å²) in [5.74, 6) is 1.96. The molecule has 0 aliphatic heterocycles. The second-order valence-corrected chi connectivity index (χ2v) is 6.95. The van der Waals surface area contributed by atoms with Gasteiger partial charge >= 0.3 is 0 Å². The van der Waals surface area contributed by atoms with Crippen LogP contribution >= 0.6 is 22.9 Å². The van der Waals surface area contributed by atoms with Gasteiger partial charge in [-0.3, -0.25) is 0 Å². The first kappa shape index (κ1) is 19.7. The van der Waals surface area contributed by atoms with Crippen LogP contribution in [-0.4, -0.2) is 26.3 Å². The highest BCUT2D eigenvalue weighted by molar-refractivity contribution is 7.11. The molecular formula is C21H17ClN2O3S. The third-order valence-corrected chi connectivity index (χ3v) is 5.14. The summed E-state index contributed by atoms with van der Waals surface area (Å²) in [6.45, 7) is 0. The van der Waals surface area contributed by atoms with Crippen LogP contribution in [0.5, 0.6) is 17.2 Å². The molecule has 1 aromatic heterocycles. The molecule has 7 heteroatoms. The van der Waals surface area contributed by atoms with E-state index in [9.17, 15) is 5.26 Å². The standard InChI is InChI=1S/C21H17ClN2O3S/c1-25-16-6-4-13(20(10-16)27-3)8-14(11-23)21-24-18(12-28-21)17-9-15(22)5-7-19(17)26-2/h4-10,12H,1-3H3/b14-8+. The fourth-order valence-electron chi connectivity index (χ4n) is 2.64. The summed E-state index contributed by atoms with van der Waals surface area (Å²) in [4.78, 5) is 4.61. The van der Waals surface area contributed by atoms with Gasteiger partial charge in [-0.2, -0.15) is 5.26 Å². The minimum Gasteiger partial charge on any atom is -0.497 e. The van der Waals surface area contributed by atoms with Gasteiger partial charge in [0.2, 0.25) is 0 Å². The molecule has 28 heavy (non-hydrogen) atoms. The van der Waals surface area contributed by atoms with Crippen molar-refractivity contribution in [1.29, 1.82) is 5.26 Å². The van der Waals surface area contributed by atoms with Gasteiger partial charge in [-0.25, -0.2) is 4.98 Å². The predicted molar refractivity (Wildman–Crippen MR) is 112 cm³/mol. The van der Waals surface area contributed by atoms with Gasteiger partial charge in [0.05, 0.1) is 32.6 Å². The van der Waals surface area contributed by atoms with Gasteiger partial charge in [-0.1, -0.05) is 11.6 Å². The van der Waals surface area contributed by atoms with E-state index < -0.39 is 0 Å². The van der Waals surface area contributed by atoms with E-state index in [1.807, 2.05) is 17.5 Å². The highest BCUT2D eigenvalue weighted by Crippen LogP contribution is 2.35. The number of rotatable bonds is 6. The largest absolute Gasteiger partial charge is 0.497 e. The SMILES string of the molecule is COc1ccc(/C=C(\C#N)c2nc(-c3cc(Cl)ccc3OC)cs2)c(OC)c1. The summed E-state index contributed by atoms with van der Waals surface area (Å²) < 4.78 is 16.0. The first-order chi connectivity index (χ1) is 13.6. The molecule has 0 radical (unpaired) electrons. The fourth-order valence-corrected chi connectivity index (χ4v) is 3.59. The molecular weight excluding hydrogens is 396 g/mol. The number of halogens is 1. The number of ether oxygens (including phenoxy) is 3. The predicted octanol–water partition coefficient (Wildman–Crippen LogP) is 5.55. The lowest BCUT2D eigenvalue weighted by Crippen LogP contribution is -1.91. The van der Waals surface area contributed by atoms with E-state index in [0.29, 0.717) is 38.5 Å². The Bertz CT molecular complexity index is 1070. The van der Waals surface area contributed by atoms with Gasteiger partial charge in [0.15, 0.2) is 0 Å². The minimum atomic E-state index is 0.431. The van der Waals surface area contributed by atoms with Crippen molar-refractivity contribution in [2.45, 2.75) is 0 Å². The van der Waals surface area contributed by atoms with E-state index in [-0.39, 0.29) is 0 Å². The summed E-state index contributed by atoms with van der Waals surface area (Å²) in [5.41, 5.74) is 2.66. The Hall–Kier alpha value is -3.01. The molecule has 1 heterocycles. The van der Waals surface area contributed by atoms with Gasteiger partial charge in [0.1, 0.15) is 28.3 Å². The maximum atomic E-state index is 9.67. The van der Waals surface area contributed by atoms with Crippen LogP contribution < -0.4 is 14.2 Å². The van der Waals surface area contributed by atoms with Crippen LogP contribution in [0.2, 0.25) is 5.02 Å². The minimum absolute atomic E-state index is 0.431. The number of thiazole rings is 1. The normalized spacial score (nSPS) is 11.0. The van der Waals surface area contributed by atoms with Crippen LogP contribution in [0.4, 0.5) is 0 Å². The lowest BCUT2D eigenvalue weighted by molar-refractivity contribution is 0.394.